The SMILES string of the molecule is FSCCN=Cc1ccccn1. The van der Waals surface area contributed by atoms with Crippen molar-refractivity contribution < 1.29 is 3.89 Å². The molecule has 0 aromatic carbocycles. The van der Waals surface area contributed by atoms with E-state index in [-0.39, 0.29) is 0 Å². The Morgan fingerprint density at radius 2 is 2.50 bits per heavy atom. The molecule has 0 fully saturated rings. The number of hydrogen-bond acceptors (Lipinski definition) is 3. The van der Waals surface area contributed by atoms with Crippen molar-refractivity contribution >= 4 is 18.4 Å². The number of halogens is 1. The van der Waals surface area contributed by atoms with Gasteiger partial charge in [-0.3, -0.25) is 9.98 Å². The molecule has 64 valence electrons. The van der Waals surface area contributed by atoms with E-state index in [1.165, 1.54) is 0 Å². The van der Waals surface area contributed by atoms with Gasteiger partial charge in [-0.05, 0) is 12.1 Å². The van der Waals surface area contributed by atoms with E-state index in [4.69, 9.17) is 0 Å². The molecule has 0 saturated heterocycles. The molecule has 0 saturated carbocycles. The molecule has 0 aliphatic rings. The fraction of sp³-hybridized carbons (Fsp3) is 0.250. The van der Waals surface area contributed by atoms with Gasteiger partial charge in [0.25, 0.3) is 0 Å². The molecule has 0 radical (unpaired) electrons. The van der Waals surface area contributed by atoms with E-state index < -0.39 is 0 Å². The molecule has 1 heterocycles. The molecule has 1 rings (SSSR count). The highest BCUT2D eigenvalue weighted by atomic mass is 32.2. The van der Waals surface area contributed by atoms with Crippen molar-refractivity contribution in [1.29, 1.82) is 0 Å². The van der Waals surface area contributed by atoms with Gasteiger partial charge < -0.3 is 0 Å². The van der Waals surface area contributed by atoms with E-state index >= 15 is 0 Å². The number of aliphatic imine (C=N–C) groups is 1. The van der Waals surface area contributed by atoms with Crippen LogP contribution in [-0.4, -0.2) is 23.5 Å². The molecule has 0 spiro atoms. The largest absolute Gasteiger partial charge is 0.290 e. The summed E-state index contributed by atoms with van der Waals surface area (Å²) < 4.78 is 11.5. The fourth-order valence-electron chi connectivity index (χ4n) is 0.698. The Morgan fingerprint density at radius 3 is 3.17 bits per heavy atom. The third-order valence-corrected chi connectivity index (χ3v) is 1.55. The molecule has 0 amide bonds. The highest BCUT2D eigenvalue weighted by Crippen LogP contribution is 1.98. The second-order valence-corrected chi connectivity index (χ2v) is 2.73. The standard InChI is InChI=1S/C8H9FN2S/c9-12-6-5-10-7-8-3-1-2-4-11-8/h1-4,7H,5-6H2. The van der Waals surface area contributed by atoms with Crippen molar-refractivity contribution in [1.82, 2.24) is 4.98 Å². The minimum Gasteiger partial charge on any atom is -0.290 e. The zero-order chi connectivity index (χ0) is 8.65. The molecule has 0 bridgehead atoms. The molecule has 0 aliphatic heterocycles. The van der Waals surface area contributed by atoms with Crippen molar-refractivity contribution in [2.45, 2.75) is 0 Å². The van der Waals surface area contributed by atoms with Gasteiger partial charge in [-0.1, -0.05) is 6.07 Å². The number of nitrogens with zero attached hydrogens (tertiary/aromatic N) is 2. The lowest BCUT2D eigenvalue weighted by Crippen LogP contribution is -1.88. The maximum atomic E-state index is 11.5. The van der Waals surface area contributed by atoms with Crippen molar-refractivity contribution in [3.63, 3.8) is 0 Å². The van der Waals surface area contributed by atoms with Crippen molar-refractivity contribution in [3.8, 4) is 0 Å². The first kappa shape index (κ1) is 9.19. The van der Waals surface area contributed by atoms with E-state index in [9.17, 15) is 3.89 Å². The first-order valence-corrected chi connectivity index (χ1v) is 4.46. The summed E-state index contributed by atoms with van der Waals surface area (Å²) in [5.41, 5.74) is 0.807. The second kappa shape index (κ2) is 5.71. The minimum atomic E-state index is 0.303. The third-order valence-electron chi connectivity index (χ3n) is 1.21. The van der Waals surface area contributed by atoms with Crippen LogP contribution in [0.2, 0.25) is 0 Å². The van der Waals surface area contributed by atoms with Gasteiger partial charge in [0.1, 0.15) is 0 Å². The first-order valence-electron chi connectivity index (χ1n) is 3.58. The molecule has 4 heteroatoms. The summed E-state index contributed by atoms with van der Waals surface area (Å²) in [5.74, 6) is 0.406. The van der Waals surface area contributed by atoms with Crippen LogP contribution in [0.1, 0.15) is 5.69 Å². The molecule has 2 nitrogen and oxygen atoms in total. The number of pyridine rings is 1. The Morgan fingerprint density at radius 1 is 1.58 bits per heavy atom. The Bertz CT molecular complexity index is 238. The average molecular weight is 184 g/mol. The van der Waals surface area contributed by atoms with Crippen LogP contribution in [0.4, 0.5) is 3.89 Å². The quantitative estimate of drug-likeness (QED) is 0.529. The van der Waals surface area contributed by atoms with Crippen LogP contribution in [0, 0.1) is 0 Å². The smallest absolute Gasteiger partial charge is 0.0807 e. The van der Waals surface area contributed by atoms with Crippen LogP contribution in [0.3, 0.4) is 0 Å². The maximum absolute atomic E-state index is 11.5. The molecule has 1 aromatic rings. The van der Waals surface area contributed by atoms with Crippen molar-refractivity contribution in [3.05, 3.63) is 30.1 Å². The number of aromatic nitrogens is 1. The summed E-state index contributed by atoms with van der Waals surface area (Å²) in [5, 5.41) is 0. The summed E-state index contributed by atoms with van der Waals surface area (Å²) in [6.45, 7) is 0.498. The van der Waals surface area contributed by atoms with Crippen LogP contribution in [0.5, 0.6) is 0 Å². The van der Waals surface area contributed by atoms with E-state index in [0.717, 1.165) is 5.69 Å². The molecule has 0 N–H and O–H groups in total. The van der Waals surface area contributed by atoms with Crippen LogP contribution in [0.25, 0.3) is 0 Å². The molecular formula is C8H9FN2S. The lowest BCUT2D eigenvalue weighted by molar-refractivity contribution is 0.928. The van der Waals surface area contributed by atoms with E-state index in [2.05, 4.69) is 9.98 Å². The monoisotopic (exact) mass is 184 g/mol. The highest BCUT2D eigenvalue weighted by molar-refractivity contribution is 7.94. The van der Waals surface area contributed by atoms with Gasteiger partial charge in [0.2, 0.25) is 0 Å². The predicted molar refractivity (Wildman–Crippen MR) is 50.3 cm³/mol. The van der Waals surface area contributed by atoms with Crippen LogP contribution in [-0.2, 0) is 0 Å². The Kier molecular flexibility index (Phi) is 4.37. The van der Waals surface area contributed by atoms with Gasteiger partial charge in [-0.2, -0.15) is 3.89 Å². The van der Waals surface area contributed by atoms with Crippen molar-refractivity contribution in [2.75, 3.05) is 12.3 Å². The Labute approximate surface area is 75.2 Å². The maximum Gasteiger partial charge on any atom is 0.0807 e. The normalized spacial score (nSPS) is 10.8. The van der Waals surface area contributed by atoms with Gasteiger partial charge in [0, 0.05) is 30.3 Å². The highest BCUT2D eigenvalue weighted by Gasteiger charge is 1.85. The molecule has 1 aromatic heterocycles. The third kappa shape index (κ3) is 3.48. The predicted octanol–water partition coefficient (Wildman–Crippen LogP) is 2.12. The molecule has 0 unspecified atom stereocenters. The Hall–Kier alpha value is -0.900. The van der Waals surface area contributed by atoms with Gasteiger partial charge in [0.05, 0.1) is 12.2 Å². The average Bonchev–Trinajstić information content (AvgIpc) is 2.14. The van der Waals surface area contributed by atoms with E-state index in [1.807, 2.05) is 18.2 Å². The lowest BCUT2D eigenvalue weighted by Gasteiger charge is -1.89. The van der Waals surface area contributed by atoms with Gasteiger partial charge in [-0.25, -0.2) is 0 Å². The first-order chi connectivity index (χ1) is 5.93. The van der Waals surface area contributed by atoms with E-state index in [0.29, 0.717) is 24.4 Å². The molecule has 0 aliphatic carbocycles. The zero-order valence-electron chi connectivity index (χ0n) is 6.48. The van der Waals surface area contributed by atoms with Gasteiger partial charge >= 0.3 is 0 Å². The summed E-state index contributed by atoms with van der Waals surface area (Å²) in [6.07, 6.45) is 3.35. The Balaban J connectivity index is 2.36. The van der Waals surface area contributed by atoms with Crippen LogP contribution in [0.15, 0.2) is 29.4 Å². The molecule has 12 heavy (non-hydrogen) atoms. The van der Waals surface area contributed by atoms with Crippen molar-refractivity contribution in [2.24, 2.45) is 4.99 Å². The summed E-state index contributed by atoms with van der Waals surface area (Å²) in [7, 11) is 0. The van der Waals surface area contributed by atoms with Crippen LogP contribution >= 0.6 is 12.1 Å². The fourth-order valence-corrected chi connectivity index (χ4v) is 0.872. The summed E-state index contributed by atoms with van der Waals surface area (Å²) in [4.78, 5) is 8.01. The summed E-state index contributed by atoms with van der Waals surface area (Å²) in [6, 6.07) is 5.58. The zero-order valence-corrected chi connectivity index (χ0v) is 7.30. The molecular weight excluding hydrogens is 175 g/mol. The second-order valence-electron chi connectivity index (χ2n) is 2.10. The van der Waals surface area contributed by atoms with Gasteiger partial charge in [0.15, 0.2) is 0 Å². The van der Waals surface area contributed by atoms with E-state index in [1.54, 1.807) is 12.4 Å². The topological polar surface area (TPSA) is 25.2 Å². The minimum absolute atomic E-state index is 0.303. The van der Waals surface area contributed by atoms with Gasteiger partial charge in [-0.15, -0.1) is 0 Å². The van der Waals surface area contributed by atoms with Crippen LogP contribution < -0.4 is 0 Å². The molecule has 0 atom stereocenters. The lowest BCUT2D eigenvalue weighted by atomic mass is 10.4. The summed E-state index contributed by atoms with van der Waals surface area (Å²) >= 11 is 0.303. The number of hydrogen-bond donors (Lipinski definition) is 0. The number of rotatable bonds is 4.